The Balaban J connectivity index is 1.76. The summed E-state index contributed by atoms with van der Waals surface area (Å²) in [6.45, 7) is 4.68. The van der Waals surface area contributed by atoms with E-state index in [1.807, 2.05) is 0 Å². The van der Waals surface area contributed by atoms with Gasteiger partial charge in [-0.3, -0.25) is 0 Å². The van der Waals surface area contributed by atoms with Crippen LogP contribution in [-0.2, 0) is 19.3 Å². The van der Waals surface area contributed by atoms with Crippen molar-refractivity contribution >= 4 is 10.9 Å². The lowest BCUT2D eigenvalue weighted by Crippen LogP contribution is -2.40. The standard InChI is InChI=1S/C18H24N2/c1-2-3-12-4-5-17-15(8-12)16-9-14-11-19-7-6-13(14)10-18(16)20-17/h4-5,8,13-14,19-20H,2-3,6-7,9-11H2,1H3. The highest BCUT2D eigenvalue weighted by molar-refractivity contribution is 5.85. The number of hydrogen-bond donors (Lipinski definition) is 2. The van der Waals surface area contributed by atoms with Crippen molar-refractivity contribution in [1.82, 2.24) is 10.3 Å². The Morgan fingerprint density at radius 2 is 2.15 bits per heavy atom. The summed E-state index contributed by atoms with van der Waals surface area (Å²) in [6.07, 6.45) is 6.30. The number of fused-ring (bicyclic) bond motifs is 4. The van der Waals surface area contributed by atoms with Crippen LogP contribution < -0.4 is 5.32 Å². The molecule has 0 amide bonds. The summed E-state index contributed by atoms with van der Waals surface area (Å²) >= 11 is 0. The quantitative estimate of drug-likeness (QED) is 0.858. The number of piperidine rings is 1. The predicted molar refractivity (Wildman–Crippen MR) is 84.2 cm³/mol. The fourth-order valence-corrected chi connectivity index (χ4v) is 4.21. The molecule has 2 aromatic rings. The first kappa shape index (κ1) is 12.5. The average Bonchev–Trinajstić information content (AvgIpc) is 2.82. The van der Waals surface area contributed by atoms with Gasteiger partial charge in [-0.1, -0.05) is 19.4 Å². The van der Waals surface area contributed by atoms with Crippen LogP contribution in [0.15, 0.2) is 18.2 Å². The third-order valence-electron chi connectivity index (χ3n) is 5.30. The summed E-state index contributed by atoms with van der Waals surface area (Å²) in [5.74, 6) is 1.75. The fraction of sp³-hybridized carbons (Fsp3) is 0.556. The van der Waals surface area contributed by atoms with E-state index in [-0.39, 0.29) is 0 Å². The minimum Gasteiger partial charge on any atom is -0.358 e. The lowest BCUT2D eigenvalue weighted by molar-refractivity contribution is 0.236. The number of nitrogens with one attached hydrogen (secondary N) is 2. The summed E-state index contributed by atoms with van der Waals surface area (Å²) in [7, 11) is 0. The Hall–Kier alpha value is -1.28. The third kappa shape index (κ3) is 1.98. The van der Waals surface area contributed by atoms with Crippen LogP contribution in [0.5, 0.6) is 0 Å². The fourth-order valence-electron chi connectivity index (χ4n) is 4.21. The van der Waals surface area contributed by atoms with Crippen molar-refractivity contribution in [3.05, 3.63) is 35.0 Å². The number of hydrogen-bond acceptors (Lipinski definition) is 1. The molecule has 1 fully saturated rings. The van der Waals surface area contributed by atoms with E-state index in [1.165, 1.54) is 67.4 Å². The van der Waals surface area contributed by atoms with Crippen molar-refractivity contribution in [2.24, 2.45) is 11.8 Å². The van der Waals surface area contributed by atoms with Crippen molar-refractivity contribution in [3.8, 4) is 0 Å². The van der Waals surface area contributed by atoms with Crippen molar-refractivity contribution in [2.45, 2.75) is 39.0 Å². The highest BCUT2D eigenvalue weighted by Crippen LogP contribution is 2.37. The Bertz CT molecular complexity index is 626. The SMILES string of the molecule is CCCc1ccc2[nH]c3c(c2c1)CC1CNCCC1C3. The molecular weight excluding hydrogens is 244 g/mol. The van der Waals surface area contributed by atoms with Crippen LogP contribution >= 0.6 is 0 Å². The van der Waals surface area contributed by atoms with Crippen LogP contribution in [0.25, 0.3) is 10.9 Å². The maximum atomic E-state index is 3.70. The zero-order valence-electron chi connectivity index (χ0n) is 12.3. The van der Waals surface area contributed by atoms with Gasteiger partial charge in [-0.2, -0.15) is 0 Å². The smallest absolute Gasteiger partial charge is 0.0459 e. The van der Waals surface area contributed by atoms with E-state index in [0.29, 0.717) is 0 Å². The molecule has 106 valence electrons. The monoisotopic (exact) mass is 268 g/mol. The largest absolute Gasteiger partial charge is 0.358 e. The number of aromatic amines is 1. The van der Waals surface area contributed by atoms with Crippen LogP contribution in [0.1, 0.15) is 36.6 Å². The zero-order valence-corrected chi connectivity index (χ0v) is 12.3. The highest BCUT2D eigenvalue weighted by atomic mass is 14.9. The minimum absolute atomic E-state index is 0.852. The summed E-state index contributed by atoms with van der Waals surface area (Å²) in [6, 6.07) is 7.02. The van der Waals surface area contributed by atoms with E-state index in [2.05, 4.69) is 35.4 Å². The lowest BCUT2D eigenvalue weighted by Gasteiger charge is -2.35. The molecule has 1 aromatic heterocycles. The van der Waals surface area contributed by atoms with Crippen molar-refractivity contribution in [1.29, 1.82) is 0 Å². The molecule has 20 heavy (non-hydrogen) atoms. The Labute approximate surface area is 121 Å². The molecular formula is C18H24N2. The van der Waals surface area contributed by atoms with E-state index in [4.69, 9.17) is 0 Å². The zero-order chi connectivity index (χ0) is 13.5. The summed E-state index contributed by atoms with van der Waals surface area (Å²) in [5.41, 5.74) is 5.98. The number of rotatable bonds is 2. The van der Waals surface area contributed by atoms with Gasteiger partial charge in [-0.15, -0.1) is 0 Å². The number of H-pyrrole nitrogens is 1. The molecule has 0 saturated carbocycles. The molecule has 2 heteroatoms. The minimum atomic E-state index is 0.852. The number of aryl methyl sites for hydroxylation is 1. The van der Waals surface area contributed by atoms with Gasteiger partial charge >= 0.3 is 0 Å². The topological polar surface area (TPSA) is 27.8 Å². The molecule has 2 atom stereocenters. The molecule has 0 spiro atoms. The van der Waals surface area contributed by atoms with Crippen LogP contribution in [0.3, 0.4) is 0 Å². The molecule has 2 N–H and O–H groups in total. The van der Waals surface area contributed by atoms with Crippen LogP contribution in [0.2, 0.25) is 0 Å². The van der Waals surface area contributed by atoms with Gasteiger partial charge in [0, 0.05) is 16.6 Å². The first-order chi connectivity index (χ1) is 9.85. The molecule has 4 rings (SSSR count). The molecule has 0 radical (unpaired) electrons. The Morgan fingerprint density at radius 3 is 3.05 bits per heavy atom. The molecule has 2 heterocycles. The third-order valence-corrected chi connectivity index (χ3v) is 5.30. The maximum Gasteiger partial charge on any atom is 0.0459 e. The number of aromatic nitrogens is 1. The molecule has 1 aliphatic carbocycles. The van der Waals surface area contributed by atoms with Gasteiger partial charge in [-0.25, -0.2) is 0 Å². The highest BCUT2D eigenvalue weighted by Gasteiger charge is 2.32. The normalized spacial score (nSPS) is 25.4. The van der Waals surface area contributed by atoms with Gasteiger partial charge in [0.15, 0.2) is 0 Å². The van der Waals surface area contributed by atoms with E-state index < -0.39 is 0 Å². The van der Waals surface area contributed by atoms with E-state index in [1.54, 1.807) is 5.56 Å². The Kier molecular flexibility index (Phi) is 3.07. The maximum absolute atomic E-state index is 3.70. The van der Waals surface area contributed by atoms with E-state index in [0.717, 1.165) is 11.8 Å². The lowest BCUT2D eigenvalue weighted by atomic mass is 9.74. The van der Waals surface area contributed by atoms with E-state index >= 15 is 0 Å². The first-order valence-electron chi connectivity index (χ1n) is 8.18. The van der Waals surface area contributed by atoms with Crippen LogP contribution in [0, 0.1) is 11.8 Å². The summed E-state index contributed by atoms with van der Waals surface area (Å²) in [4.78, 5) is 3.70. The van der Waals surface area contributed by atoms with Crippen molar-refractivity contribution < 1.29 is 0 Å². The average molecular weight is 268 g/mol. The first-order valence-corrected chi connectivity index (χ1v) is 8.18. The molecule has 2 aliphatic rings. The van der Waals surface area contributed by atoms with Gasteiger partial charge in [0.25, 0.3) is 0 Å². The van der Waals surface area contributed by atoms with Gasteiger partial charge in [0.05, 0.1) is 0 Å². The number of benzene rings is 1. The van der Waals surface area contributed by atoms with Gasteiger partial charge in [0.1, 0.15) is 0 Å². The molecule has 1 aliphatic heterocycles. The van der Waals surface area contributed by atoms with E-state index in [9.17, 15) is 0 Å². The van der Waals surface area contributed by atoms with Crippen molar-refractivity contribution in [3.63, 3.8) is 0 Å². The second-order valence-corrected chi connectivity index (χ2v) is 6.63. The molecule has 1 aromatic carbocycles. The second kappa shape index (κ2) is 4.92. The predicted octanol–water partition coefficient (Wildman–Crippen LogP) is 3.44. The van der Waals surface area contributed by atoms with Crippen LogP contribution in [-0.4, -0.2) is 18.1 Å². The molecule has 2 unspecified atom stereocenters. The summed E-state index contributed by atoms with van der Waals surface area (Å²) in [5, 5.41) is 5.07. The van der Waals surface area contributed by atoms with Crippen LogP contribution in [0.4, 0.5) is 0 Å². The Morgan fingerprint density at radius 1 is 1.20 bits per heavy atom. The molecule has 0 bridgehead atoms. The van der Waals surface area contributed by atoms with Gasteiger partial charge in [-0.05, 0) is 73.9 Å². The summed E-state index contributed by atoms with van der Waals surface area (Å²) < 4.78 is 0. The van der Waals surface area contributed by atoms with Crippen molar-refractivity contribution in [2.75, 3.05) is 13.1 Å². The molecule has 1 saturated heterocycles. The van der Waals surface area contributed by atoms with Gasteiger partial charge < -0.3 is 10.3 Å². The van der Waals surface area contributed by atoms with Gasteiger partial charge in [0.2, 0.25) is 0 Å². The molecule has 2 nitrogen and oxygen atoms in total. The second-order valence-electron chi connectivity index (χ2n) is 6.63.